The van der Waals surface area contributed by atoms with Crippen molar-refractivity contribution in [2.75, 3.05) is 11.7 Å². The minimum Gasteiger partial charge on any atom is -0.454 e. The quantitative estimate of drug-likeness (QED) is 0.758. The van der Waals surface area contributed by atoms with Crippen LogP contribution >= 0.6 is 11.6 Å². The van der Waals surface area contributed by atoms with Gasteiger partial charge in [-0.1, -0.05) is 28.9 Å². The summed E-state index contributed by atoms with van der Waals surface area (Å²) in [6.45, 7) is 0.114. The second-order valence-electron chi connectivity index (χ2n) is 6.04. The normalized spacial score (nSPS) is 23.1. The molecule has 0 bridgehead atoms. The van der Waals surface area contributed by atoms with Gasteiger partial charge in [-0.2, -0.15) is 0 Å². The average Bonchev–Trinajstić information content (AvgIpc) is 3.33. The first-order valence-corrected chi connectivity index (χ1v) is 8.28. The van der Waals surface area contributed by atoms with E-state index in [4.69, 9.17) is 25.9 Å². The van der Waals surface area contributed by atoms with E-state index in [1.54, 1.807) is 42.5 Å². The summed E-state index contributed by atoms with van der Waals surface area (Å²) in [5.41, 5.74) is 1.53. The van der Waals surface area contributed by atoms with E-state index in [1.165, 1.54) is 0 Å². The molecule has 3 heterocycles. The number of benzene rings is 2. The second-order valence-corrected chi connectivity index (χ2v) is 6.47. The van der Waals surface area contributed by atoms with Crippen molar-refractivity contribution >= 4 is 34.8 Å². The lowest BCUT2D eigenvalue weighted by Gasteiger charge is -2.15. The Morgan fingerprint density at radius 1 is 1.00 bits per heavy atom. The highest BCUT2D eigenvalue weighted by Gasteiger charge is 2.56. The van der Waals surface area contributed by atoms with Crippen LogP contribution in [0.4, 0.5) is 5.69 Å². The van der Waals surface area contributed by atoms with Crippen molar-refractivity contribution in [1.29, 1.82) is 0 Å². The Kier molecular flexibility index (Phi) is 3.20. The molecule has 3 aliphatic rings. The summed E-state index contributed by atoms with van der Waals surface area (Å²) in [5, 5.41) is 4.54. The fourth-order valence-corrected chi connectivity index (χ4v) is 3.44. The molecule has 0 aliphatic carbocycles. The Labute approximate surface area is 152 Å². The largest absolute Gasteiger partial charge is 0.454 e. The van der Waals surface area contributed by atoms with Gasteiger partial charge in [0.25, 0.3) is 5.91 Å². The first kappa shape index (κ1) is 15.2. The van der Waals surface area contributed by atoms with E-state index in [-0.39, 0.29) is 12.7 Å². The lowest BCUT2D eigenvalue weighted by molar-refractivity contribution is -0.126. The van der Waals surface area contributed by atoms with E-state index >= 15 is 0 Å². The van der Waals surface area contributed by atoms with E-state index in [1.807, 2.05) is 0 Å². The van der Waals surface area contributed by atoms with Crippen molar-refractivity contribution in [3.63, 3.8) is 0 Å². The van der Waals surface area contributed by atoms with Crippen LogP contribution in [-0.2, 0) is 14.4 Å². The van der Waals surface area contributed by atoms with Gasteiger partial charge in [0, 0.05) is 16.7 Å². The second kappa shape index (κ2) is 5.47. The van der Waals surface area contributed by atoms with Gasteiger partial charge in [-0.15, -0.1) is 0 Å². The topological polar surface area (TPSA) is 77.4 Å². The zero-order valence-electron chi connectivity index (χ0n) is 13.2. The molecule has 0 N–H and O–H groups in total. The molecule has 0 spiro atoms. The van der Waals surface area contributed by atoms with Gasteiger partial charge in [-0.05, 0) is 24.3 Å². The predicted octanol–water partition coefficient (Wildman–Crippen LogP) is 2.36. The fourth-order valence-electron chi connectivity index (χ4n) is 3.32. The molecule has 1 fully saturated rings. The minimum absolute atomic E-state index is 0.114. The van der Waals surface area contributed by atoms with Crippen LogP contribution in [0.25, 0.3) is 0 Å². The molecular formula is C18H11ClN2O5. The Bertz CT molecular complexity index is 972. The highest BCUT2D eigenvalue weighted by molar-refractivity contribution is 6.33. The van der Waals surface area contributed by atoms with Gasteiger partial charge < -0.3 is 14.3 Å². The molecule has 2 aromatic rings. The van der Waals surface area contributed by atoms with E-state index in [0.29, 0.717) is 33.5 Å². The number of carbonyl (C=O) groups excluding carboxylic acids is 2. The Morgan fingerprint density at radius 3 is 2.58 bits per heavy atom. The number of amides is 2. The van der Waals surface area contributed by atoms with Gasteiger partial charge in [-0.3, -0.25) is 9.59 Å². The smallest absolute Gasteiger partial charge is 0.278 e. The van der Waals surface area contributed by atoms with Gasteiger partial charge in [0.15, 0.2) is 11.5 Å². The number of imide groups is 1. The summed E-state index contributed by atoms with van der Waals surface area (Å²) in [6, 6.07) is 11.8. The lowest BCUT2D eigenvalue weighted by Crippen LogP contribution is -2.33. The van der Waals surface area contributed by atoms with E-state index in [0.717, 1.165) is 4.90 Å². The number of hydrogen-bond donors (Lipinski definition) is 0. The molecule has 0 saturated carbocycles. The van der Waals surface area contributed by atoms with Crippen LogP contribution < -0.4 is 14.4 Å². The number of hydrogen-bond acceptors (Lipinski definition) is 6. The molecule has 2 unspecified atom stereocenters. The zero-order valence-corrected chi connectivity index (χ0v) is 14.0. The van der Waals surface area contributed by atoms with Gasteiger partial charge >= 0.3 is 0 Å². The molecule has 2 amide bonds. The van der Waals surface area contributed by atoms with Crippen molar-refractivity contribution in [1.82, 2.24) is 0 Å². The molecular weight excluding hydrogens is 360 g/mol. The summed E-state index contributed by atoms with van der Waals surface area (Å²) < 4.78 is 10.6. The van der Waals surface area contributed by atoms with Gasteiger partial charge in [0.2, 0.25) is 18.8 Å². The first-order valence-electron chi connectivity index (χ1n) is 7.90. The molecule has 26 heavy (non-hydrogen) atoms. The standard InChI is InChI=1S/C18H11ClN2O5/c19-10-3-1-9(2-4-10)15-14-16(26-20-15)18(23)21(17(14)22)11-5-6-12-13(7-11)25-8-24-12/h1-7,14,16H,8H2. The Morgan fingerprint density at radius 2 is 1.77 bits per heavy atom. The summed E-state index contributed by atoms with van der Waals surface area (Å²) in [6.07, 6.45) is -0.960. The molecule has 2 atom stereocenters. The van der Waals surface area contributed by atoms with Crippen molar-refractivity contribution in [3.05, 3.63) is 53.1 Å². The van der Waals surface area contributed by atoms with Crippen molar-refractivity contribution < 1.29 is 23.9 Å². The SMILES string of the molecule is O=C1C2ON=C(c3ccc(Cl)cc3)C2C(=O)N1c1ccc2c(c1)OCO2. The molecule has 8 heteroatoms. The monoisotopic (exact) mass is 370 g/mol. The summed E-state index contributed by atoms with van der Waals surface area (Å²) in [5.74, 6) is -0.550. The van der Waals surface area contributed by atoms with Crippen LogP contribution in [0.1, 0.15) is 5.56 Å². The van der Waals surface area contributed by atoms with Crippen LogP contribution in [0.5, 0.6) is 11.5 Å². The third kappa shape index (κ3) is 2.10. The molecule has 0 radical (unpaired) electrons. The number of ether oxygens (including phenoxy) is 2. The Hall–Kier alpha value is -3.06. The number of fused-ring (bicyclic) bond motifs is 2. The van der Waals surface area contributed by atoms with Gasteiger partial charge in [-0.25, -0.2) is 4.90 Å². The van der Waals surface area contributed by atoms with E-state index < -0.39 is 17.9 Å². The molecule has 7 nitrogen and oxygen atoms in total. The number of nitrogens with zero attached hydrogens (tertiary/aromatic N) is 2. The van der Waals surface area contributed by atoms with Crippen LogP contribution in [0.3, 0.4) is 0 Å². The molecule has 130 valence electrons. The van der Waals surface area contributed by atoms with Crippen molar-refractivity contribution in [2.24, 2.45) is 11.1 Å². The maximum Gasteiger partial charge on any atom is 0.278 e. The molecule has 2 aromatic carbocycles. The molecule has 0 aromatic heterocycles. The maximum atomic E-state index is 13.0. The van der Waals surface area contributed by atoms with Gasteiger partial charge in [0.05, 0.1) is 5.69 Å². The first-order chi connectivity index (χ1) is 12.6. The number of carbonyl (C=O) groups is 2. The van der Waals surface area contributed by atoms with Crippen LogP contribution in [0, 0.1) is 5.92 Å². The van der Waals surface area contributed by atoms with Crippen molar-refractivity contribution in [3.8, 4) is 11.5 Å². The maximum absolute atomic E-state index is 13.0. The fraction of sp³-hybridized carbons (Fsp3) is 0.167. The average molecular weight is 371 g/mol. The zero-order chi connectivity index (χ0) is 17.8. The van der Waals surface area contributed by atoms with Crippen LogP contribution in [0.2, 0.25) is 5.02 Å². The minimum atomic E-state index is -0.960. The number of rotatable bonds is 2. The lowest BCUT2D eigenvalue weighted by atomic mass is 9.94. The number of anilines is 1. The van der Waals surface area contributed by atoms with Gasteiger partial charge in [0.1, 0.15) is 11.6 Å². The summed E-state index contributed by atoms with van der Waals surface area (Å²) in [4.78, 5) is 32.1. The summed E-state index contributed by atoms with van der Waals surface area (Å²) >= 11 is 5.91. The van der Waals surface area contributed by atoms with Crippen LogP contribution in [0.15, 0.2) is 47.6 Å². The molecule has 1 saturated heterocycles. The van der Waals surface area contributed by atoms with E-state index in [9.17, 15) is 9.59 Å². The molecule has 3 aliphatic heterocycles. The highest BCUT2D eigenvalue weighted by Crippen LogP contribution is 2.40. The van der Waals surface area contributed by atoms with E-state index in [2.05, 4.69) is 5.16 Å². The number of halogens is 1. The van der Waals surface area contributed by atoms with Crippen LogP contribution in [-0.4, -0.2) is 30.4 Å². The Balaban J connectivity index is 1.50. The third-order valence-electron chi connectivity index (χ3n) is 4.57. The van der Waals surface area contributed by atoms with Crippen molar-refractivity contribution in [2.45, 2.75) is 6.10 Å². The predicted molar refractivity (Wildman–Crippen MR) is 91.4 cm³/mol. The highest BCUT2D eigenvalue weighted by atomic mass is 35.5. The molecule has 5 rings (SSSR count). The third-order valence-corrected chi connectivity index (χ3v) is 4.82. The number of oxime groups is 1. The summed E-state index contributed by atoms with van der Waals surface area (Å²) in [7, 11) is 0.